The average Bonchev–Trinajstić information content (AvgIpc) is 2.84. The molecule has 0 unspecified atom stereocenters. The Morgan fingerprint density at radius 1 is 1.31 bits per heavy atom. The maximum atomic E-state index is 5.24. The van der Waals surface area contributed by atoms with Crippen LogP contribution in [0.5, 0.6) is 0 Å². The summed E-state index contributed by atoms with van der Waals surface area (Å²) in [6.07, 6.45) is 0.977. The van der Waals surface area contributed by atoms with Gasteiger partial charge in [0.1, 0.15) is 0 Å². The van der Waals surface area contributed by atoms with E-state index in [-0.39, 0.29) is 0 Å². The lowest BCUT2D eigenvalue weighted by Gasteiger charge is -1.89. The van der Waals surface area contributed by atoms with Gasteiger partial charge in [0.25, 0.3) is 0 Å². The Balaban J connectivity index is 2.45. The highest BCUT2D eigenvalue weighted by Gasteiger charge is 2.16. The van der Waals surface area contributed by atoms with E-state index in [1.807, 2.05) is 24.3 Å². The van der Waals surface area contributed by atoms with Gasteiger partial charge in [-0.2, -0.15) is 0 Å². The van der Waals surface area contributed by atoms with Gasteiger partial charge in [-0.05, 0) is 17.7 Å². The number of fused-ring (bicyclic) bond motifs is 2. The number of hydrogen-bond acceptors (Lipinski definition) is 2. The van der Waals surface area contributed by atoms with Crippen LogP contribution in [0.3, 0.4) is 0 Å². The largest absolute Gasteiger partial charge is 0.365 e. The van der Waals surface area contributed by atoms with Crippen molar-refractivity contribution in [3.63, 3.8) is 0 Å². The van der Waals surface area contributed by atoms with E-state index in [0.717, 1.165) is 23.1 Å². The quantitative estimate of drug-likeness (QED) is 0.564. The van der Waals surface area contributed by atoms with Gasteiger partial charge in [-0.3, -0.25) is 0 Å². The van der Waals surface area contributed by atoms with E-state index in [2.05, 4.69) is 16.4 Å². The molecule has 0 saturated carbocycles. The lowest BCUT2D eigenvalue weighted by atomic mass is 10.2. The van der Waals surface area contributed by atoms with Gasteiger partial charge in [0.15, 0.2) is 5.58 Å². The second-order valence-electron chi connectivity index (χ2n) is 3.14. The minimum atomic E-state index is 0.824. The molecule has 64 valence electrons. The maximum absolute atomic E-state index is 5.24. The highest BCUT2D eigenvalue weighted by atomic mass is 16.5. The Kier molecular flexibility index (Phi) is 1.22. The summed E-state index contributed by atoms with van der Waals surface area (Å²) in [5.74, 6) is 0. The van der Waals surface area contributed by atoms with Gasteiger partial charge in [-0.15, -0.1) is 10.4 Å². The van der Waals surface area contributed by atoms with Crippen LogP contribution in [0.25, 0.3) is 11.0 Å². The fraction of sp³-hybridized carbons (Fsp3) is 0.100. The third kappa shape index (κ3) is 1.09. The number of para-hydroxylation sites is 1. The van der Waals surface area contributed by atoms with Crippen molar-refractivity contribution in [2.75, 3.05) is 0 Å². The SMILES string of the molecule is c1ccc2o[nH]nc3c(cc2c1)C3. The topological polar surface area (TPSA) is 41.8 Å². The molecule has 0 saturated heterocycles. The van der Waals surface area contributed by atoms with Crippen LogP contribution in [0.4, 0.5) is 0 Å². The zero-order valence-electron chi connectivity index (χ0n) is 6.95. The molecule has 0 spiro atoms. The molecular weight excluding hydrogens is 164 g/mol. The number of benzene rings is 1. The van der Waals surface area contributed by atoms with E-state index in [1.165, 1.54) is 5.56 Å². The first-order valence-corrected chi connectivity index (χ1v) is 4.22. The molecule has 1 N–H and O–H groups in total. The highest BCUT2D eigenvalue weighted by Crippen LogP contribution is 2.24. The molecule has 1 aromatic carbocycles. The Hall–Kier alpha value is -1.77. The van der Waals surface area contributed by atoms with Crippen molar-refractivity contribution in [3.05, 3.63) is 41.6 Å². The summed E-state index contributed by atoms with van der Waals surface area (Å²) in [5, 5.41) is 7.72. The van der Waals surface area contributed by atoms with E-state index in [1.54, 1.807) is 0 Å². The number of aromatic amines is 1. The third-order valence-electron chi connectivity index (χ3n) is 2.19. The molecule has 3 nitrogen and oxygen atoms in total. The number of nitrogens with one attached hydrogen (secondary N) is 1. The zero-order valence-corrected chi connectivity index (χ0v) is 6.95. The van der Waals surface area contributed by atoms with Gasteiger partial charge >= 0.3 is 0 Å². The maximum Gasteiger partial charge on any atom is 0.164 e. The van der Waals surface area contributed by atoms with Crippen LogP contribution in [0.2, 0.25) is 0 Å². The normalized spacial score (nSPS) is 12.3. The summed E-state index contributed by atoms with van der Waals surface area (Å²) >= 11 is 0. The summed E-state index contributed by atoms with van der Waals surface area (Å²) in [6, 6.07) is 10.0. The number of H-pyrrole nitrogens is 1. The molecule has 0 radical (unpaired) electrons. The fourth-order valence-electron chi connectivity index (χ4n) is 1.39. The molecule has 2 aromatic rings. The fourth-order valence-corrected chi connectivity index (χ4v) is 1.39. The number of nitrogens with zero attached hydrogens (tertiary/aromatic N) is 1. The number of aromatic nitrogens is 2. The Morgan fingerprint density at radius 2 is 2.23 bits per heavy atom. The van der Waals surface area contributed by atoms with Gasteiger partial charge in [-0.25, -0.2) is 0 Å². The monoisotopic (exact) mass is 172 g/mol. The van der Waals surface area contributed by atoms with Crippen molar-refractivity contribution in [2.45, 2.75) is 6.42 Å². The summed E-state index contributed by atoms with van der Waals surface area (Å²) in [5.41, 5.74) is 3.21. The molecule has 3 rings (SSSR count). The Morgan fingerprint density at radius 3 is 3.23 bits per heavy atom. The van der Waals surface area contributed by atoms with Gasteiger partial charge in [0.05, 0.1) is 5.69 Å². The molecule has 1 aromatic heterocycles. The van der Waals surface area contributed by atoms with Crippen LogP contribution in [0, 0.1) is 0 Å². The standard InChI is InChI=1S/C10H8N2O/c1-2-4-10-7(3-1)5-8-6-9(8)11-12-13-10/h1-5,12H,6H2. The molecule has 1 heterocycles. The van der Waals surface area contributed by atoms with Gasteiger partial charge in [-0.1, -0.05) is 18.2 Å². The van der Waals surface area contributed by atoms with E-state index in [0.29, 0.717) is 0 Å². The Bertz CT molecular complexity index is 509. The van der Waals surface area contributed by atoms with Crippen molar-refractivity contribution in [3.8, 4) is 0 Å². The third-order valence-corrected chi connectivity index (χ3v) is 2.19. The molecule has 0 aliphatic heterocycles. The zero-order chi connectivity index (χ0) is 8.67. The van der Waals surface area contributed by atoms with Crippen LogP contribution in [-0.4, -0.2) is 10.4 Å². The van der Waals surface area contributed by atoms with Crippen LogP contribution in [0.1, 0.15) is 11.3 Å². The van der Waals surface area contributed by atoms with E-state index >= 15 is 0 Å². The van der Waals surface area contributed by atoms with Crippen LogP contribution < -0.4 is 0 Å². The van der Waals surface area contributed by atoms with Crippen molar-refractivity contribution >= 4 is 11.0 Å². The van der Waals surface area contributed by atoms with E-state index in [4.69, 9.17) is 4.52 Å². The highest BCUT2D eigenvalue weighted by molar-refractivity contribution is 5.76. The number of hydrogen-bond donors (Lipinski definition) is 1. The molecule has 1 aliphatic rings. The predicted octanol–water partition coefficient (Wildman–Crippen LogP) is 2.18. The van der Waals surface area contributed by atoms with Crippen molar-refractivity contribution < 1.29 is 4.52 Å². The van der Waals surface area contributed by atoms with E-state index in [9.17, 15) is 0 Å². The molecule has 0 amide bonds. The molecule has 0 atom stereocenters. The molecule has 1 aliphatic carbocycles. The lowest BCUT2D eigenvalue weighted by molar-refractivity contribution is 0.402. The first-order chi connectivity index (χ1) is 6.43. The van der Waals surface area contributed by atoms with Crippen LogP contribution >= 0.6 is 0 Å². The molecule has 13 heavy (non-hydrogen) atoms. The first kappa shape index (κ1) is 6.71. The molecule has 0 fully saturated rings. The van der Waals surface area contributed by atoms with Gasteiger partial charge < -0.3 is 4.52 Å². The van der Waals surface area contributed by atoms with E-state index < -0.39 is 0 Å². The number of rotatable bonds is 0. The van der Waals surface area contributed by atoms with Crippen molar-refractivity contribution in [2.24, 2.45) is 0 Å². The smallest absolute Gasteiger partial charge is 0.164 e. The predicted molar refractivity (Wildman–Crippen MR) is 48.8 cm³/mol. The second kappa shape index (κ2) is 2.36. The van der Waals surface area contributed by atoms with Crippen molar-refractivity contribution in [1.29, 1.82) is 0 Å². The summed E-state index contributed by atoms with van der Waals surface area (Å²) < 4.78 is 5.24. The molecule has 0 bridgehead atoms. The van der Waals surface area contributed by atoms with Crippen molar-refractivity contribution in [1.82, 2.24) is 10.4 Å². The summed E-state index contributed by atoms with van der Waals surface area (Å²) in [6.45, 7) is 0. The molecular formula is C10H8N2O. The average molecular weight is 172 g/mol. The van der Waals surface area contributed by atoms with Gasteiger partial charge in [0.2, 0.25) is 0 Å². The minimum absolute atomic E-state index is 0.824. The Labute approximate surface area is 74.7 Å². The van der Waals surface area contributed by atoms with Crippen LogP contribution in [0.15, 0.2) is 34.9 Å². The van der Waals surface area contributed by atoms with Crippen LogP contribution in [-0.2, 0) is 6.42 Å². The van der Waals surface area contributed by atoms with Gasteiger partial charge in [0, 0.05) is 11.8 Å². The summed E-state index contributed by atoms with van der Waals surface area (Å²) in [4.78, 5) is 0. The lowest BCUT2D eigenvalue weighted by Crippen LogP contribution is -1.74. The molecule has 3 heteroatoms. The summed E-state index contributed by atoms with van der Waals surface area (Å²) in [7, 11) is 0. The first-order valence-electron chi connectivity index (χ1n) is 4.22. The minimum Gasteiger partial charge on any atom is -0.365 e. The second-order valence-corrected chi connectivity index (χ2v) is 3.14.